The number of nitrogens with zero attached hydrogens (tertiary/aromatic N) is 4. The van der Waals surface area contributed by atoms with Crippen LogP contribution in [0.4, 0.5) is 6.01 Å². The van der Waals surface area contributed by atoms with E-state index >= 15 is 0 Å². The summed E-state index contributed by atoms with van der Waals surface area (Å²) in [5, 5.41) is 0. The number of amides is 1. The average molecular weight is 434 g/mol. The van der Waals surface area contributed by atoms with E-state index in [-0.39, 0.29) is 23.6 Å². The van der Waals surface area contributed by atoms with E-state index in [0.29, 0.717) is 30.9 Å². The first-order valence-corrected chi connectivity index (χ1v) is 11.4. The van der Waals surface area contributed by atoms with Crippen molar-refractivity contribution in [3.8, 4) is 5.75 Å². The highest BCUT2D eigenvalue weighted by molar-refractivity contribution is 5.86. The molecule has 4 heterocycles. The zero-order valence-electron chi connectivity index (χ0n) is 18.1. The molecule has 0 N–H and O–H groups in total. The first kappa shape index (κ1) is 19.4. The summed E-state index contributed by atoms with van der Waals surface area (Å²) < 4.78 is 13.8. The van der Waals surface area contributed by atoms with Gasteiger partial charge in [0.05, 0.1) is 13.1 Å². The SMILES string of the molecule is Cc1cc(OC2CN(C(=O)C3CCCN3c3nc4ccccc4o3)C2)cc(=O)n1C1CC1. The minimum Gasteiger partial charge on any atom is -0.486 e. The van der Waals surface area contributed by atoms with Crippen LogP contribution in [0.1, 0.15) is 37.4 Å². The molecule has 8 nitrogen and oxygen atoms in total. The van der Waals surface area contributed by atoms with Crippen LogP contribution >= 0.6 is 0 Å². The number of likely N-dealkylation sites (tertiary alicyclic amines) is 1. The molecule has 1 amide bonds. The zero-order valence-corrected chi connectivity index (χ0v) is 18.1. The summed E-state index contributed by atoms with van der Waals surface area (Å²) in [5.41, 5.74) is 2.46. The Bertz CT molecular complexity index is 1210. The van der Waals surface area contributed by atoms with Crippen LogP contribution in [0.2, 0.25) is 0 Å². The molecular formula is C24H26N4O4. The number of ether oxygens (including phenoxy) is 1. The summed E-state index contributed by atoms with van der Waals surface area (Å²) >= 11 is 0. The van der Waals surface area contributed by atoms with E-state index in [4.69, 9.17) is 9.15 Å². The number of hydrogen-bond acceptors (Lipinski definition) is 6. The number of hydrogen-bond donors (Lipinski definition) is 0. The smallest absolute Gasteiger partial charge is 0.299 e. The van der Waals surface area contributed by atoms with Crippen molar-refractivity contribution >= 4 is 23.0 Å². The van der Waals surface area contributed by atoms with Crippen molar-refractivity contribution in [2.75, 3.05) is 24.5 Å². The van der Waals surface area contributed by atoms with Gasteiger partial charge in [-0.25, -0.2) is 0 Å². The van der Waals surface area contributed by atoms with E-state index < -0.39 is 0 Å². The maximum absolute atomic E-state index is 13.2. The molecule has 1 unspecified atom stereocenters. The molecule has 8 heteroatoms. The number of anilines is 1. The predicted molar refractivity (Wildman–Crippen MR) is 119 cm³/mol. The van der Waals surface area contributed by atoms with Crippen molar-refractivity contribution in [2.45, 2.75) is 50.8 Å². The summed E-state index contributed by atoms with van der Waals surface area (Å²) in [6, 6.07) is 11.8. The van der Waals surface area contributed by atoms with E-state index in [1.54, 1.807) is 6.07 Å². The summed E-state index contributed by atoms with van der Waals surface area (Å²) in [4.78, 5) is 34.0. The molecular weight excluding hydrogens is 408 g/mol. The third-order valence-corrected chi connectivity index (χ3v) is 6.67. The summed E-state index contributed by atoms with van der Waals surface area (Å²) in [5.74, 6) is 0.681. The molecule has 1 saturated carbocycles. The van der Waals surface area contributed by atoms with Crippen LogP contribution in [-0.4, -0.2) is 52.1 Å². The number of para-hydroxylation sites is 2. The molecule has 6 rings (SSSR count). The molecule has 2 aliphatic heterocycles. The van der Waals surface area contributed by atoms with Gasteiger partial charge in [-0.2, -0.15) is 4.98 Å². The lowest BCUT2D eigenvalue weighted by atomic mass is 10.1. The third kappa shape index (κ3) is 3.34. The summed E-state index contributed by atoms with van der Waals surface area (Å²) in [7, 11) is 0. The monoisotopic (exact) mass is 434 g/mol. The minimum atomic E-state index is -0.256. The van der Waals surface area contributed by atoms with Crippen molar-refractivity contribution in [1.82, 2.24) is 14.5 Å². The molecule has 1 aliphatic carbocycles. The fourth-order valence-corrected chi connectivity index (χ4v) is 4.88. The van der Waals surface area contributed by atoms with Gasteiger partial charge in [0.25, 0.3) is 11.6 Å². The molecule has 0 spiro atoms. The van der Waals surface area contributed by atoms with Crippen molar-refractivity contribution in [2.24, 2.45) is 0 Å². The fraction of sp³-hybridized carbons (Fsp3) is 0.458. The molecule has 32 heavy (non-hydrogen) atoms. The molecule has 0 bridgehead atoms. The van der Waals surface area contributed by atoms with E-state index in [0.717, 1.165) is 49.0 Å². The first-order valence-electron chi connectivity index (χ1n) is 11.4. The lowest BCUT2D eigenvalue weighted by molar-refractivity contribution is -0.141. The average Bonchev–Trinajstić information content (AvgIpc) is 3.28. The number of carbonyl (C=O) groups is 1. The molecule has 1 aromatic carbocycles. The lowest BCUT2D eigenvalue weighted by Gasteiger charge is -2.41. The minimum absolute atomic E-state index is 0.00492. The van der Waals surface area contributed by atoms with Gasteiger partial charge in [-0.05, 0) is 50.8 Å². The molecule has 166 valence electrons. The number of aryl methyl sites for hydroxylation is 1. The van der Waals surface area contributed by atoms with Gasteiger partial charge in [0.2, 0.25) is 5.91 Å². The number of rotatable bonds is 5. The van der Waals surface area contributed by atoms with Gasteiger partial charge in [-0.15, -0.1) is 0 Å². The zero-order chi connectivity index (χ0) is 21.8. The largest absolute Gasteiger partial charge is 0.486 e. The van der Waals surface area contributed by atoms with E-state index in [9.17, 15) is 9.59 Å². The number of aromatic nitrogens is 2. The van der Waals surface area contributed by atoms with Crippen molar-refractivity contribution < 1.29 is 13.9 Å². The van der Waals surface area contributed by atoms with Crippen LogP contribution in [-0.2, 0) is 4.79 Å². The molecule has 2 aromatic heterocycles. The van der Waals surface area contributed by atoms with Crippen LogP contribution < -0.4 is 15.2 Å². The van der Waals surface area contributed by atoms with Gasteiger partial charge in [-0.1, -0.05) is 12.1 Å². The Balaban J connectivity index is 1.10. The van der Waals surface area contributed by atoms with Gasteiger partial charge >= 0.3 is 0 Å². The Morgan fingerprint density at radius 1 is 1.16 bits per heavy atom. The van der Waals surface area contributed by atoms with Crippen LogP contribution in [0, 0.1) is 6.92 Å². The number of pyridine rings is 1. The summed E-state index contributed by atoms with van der Waals surface area (Å²) in [6.07, 6.45) is 3.77. The number of oxazole rings is 1. The van der Waals surface area contributed by atoms with Gasteiger partial charge in [0.15, 0.2) is 5.58 Å². The highest BCUT2D eigenvalue weighted by Crippen LogP contribution is 2.35. The van der Waals surface area contributed by atoms with Crippen LogP contribution in [0.3, 0.4) is 0 Å². The van der Waals surface area contributed by atoms with Crippen molar-refractivity contribution in [3.63, 3.8) is 0 Å². The Morgan fingerprint density at radius 2 is 1.97 bits per heavy atom. The molecule has 2 saturated heterocycles. The number of benzene rings is 1. The second-order valence-corrected chi connectivity index (χ2v) is 9.07. The van der Waals surface area contributed by atoms with E-state index in [1.807, 2.05) is 51.6 Å². The second-order valence-electron chi connectivity index (χ2n) is 9.07. The molecule has 0 radical (unpaired) electrons. The quantitative estimate of drug-likeness (QED) is 0.614. The van der Waals surface area contributed by atoms with Crippen LogP contribution in [0.5, 0.6) is 5.75 Å². The topological polar surface area (TPSA) is 80.8 Å². The van der Waals surface area contributed by atoms with Crippen molar-refractivity contribution in [1.29, 1.82) is 0 Å². The normalized spacial score (nSPS) is 21.2. The Labute approximate surface area is 185 Å². The Kier molecular flexibility index (Phi) is 4.48. The highest BCUT2D eigenvalue weighted by atomic mass is 16.5. The second kappa shape index (κ2) is 7.39. The van der Waals surface area contributed by atoms with Gasteiger partial charge < -0.3 is 23.5 Å². The Hall–Kier alpha value is -3.29. The van der Waals surface area contributed by atoms with Crippen LogP contribution in [0.25, 0.3) is 11.1 Å². The lowest BCUT2D eigenvalue weighted by Crippen LogP contribution is -2.60. The maximum atomic E-state index is 13.2. The van der Waals surface area contributed by atoms with E-state index in [2.05, 4.69) is 4.98 Å². The predicted octanol–water partition coefficient (Wildman–Crippen LogP) is 2.89. The standard InChI is InChI=1S/C24H26N4O4/c1-15-11-17(12-22(29)28(15)16-8-9-16)31-18-13-26(14-18)23(30)20-6-4-10-27(20)24-25-19-5-2-3-7-21(19)32-24/h2-3,5,7,11-12,16,18,20H,4,6,8-10,13-14H2,1H3. The third-order valence-electron chi connectivity index (χ3n) is 6.67. The number of carbonyl (C=O) groups excluding carboxylic acids is 1. The fourth-order valence-electron chi connectivity index (χ4n) is 4.88. The number of fused-ring (bicyclic) bond motifs is 1. The molecule has 3 aliphatic rings. The highest BCUT2D eigenvalue weighted by Gasteiger charge is 2.41. The molecule has 3 aromatic rings. The first-order chi connectivity index (χ1) is 15.6. The van der Waals surface area contributed by atoms with Gasteiger partial charge in [0.1, 0.15) is 23.4 Å². The van der Waals surface area contributed by atoms with Crippen molar-refractivity contribution in [3.05, 3.63) is 52.4 Å². The molecule has 1 atom stereocenters. The molecule has 3 fully saturated rings. The van der Waals surface area contributed by atoms with E-state index in [1.165, 1.54) is 0 Å². The Morgan fingerprint density at radius 3 is 2.72 bits per heavy atom. The van der Waals surface area contributed by atoms with Gasteiger partial charge in [0, 0.05) is 24.3 Å². The van der Waals surface area contributed by atoms with Crippen LogP contribution in [0.15, 0.2) is 45.6 Å². The van der Waals surface area contributed by atoms with Gasteiger partial charge in [-0.3, -0.25) is 9.59 Å². The summed E-state index contributed by atoms with van der Waals surface area (Å²) in [6.45, 7) is 3.76. The maximum Gasteiger partial charge on any atom is 0.299 e.